The van der Waals surface area contributed by atoms with E-state index in [0.717, 1.165) is 6.42 Å². The van der Waals surface area contributed by atoms with E-state index in [4.69, 9.17) is 5.73 Å². The topological polar surface area (TPSA) is 43.8 Å². The van der Waals surface area contributed by atoms with Crippen molar-refractivity contribution in [2.75, 3.05) is 6.54 Å². The molecule has 0 aliphatic rings. The Hall–Kier alpha value is -0.900. The first-order chi connectivity index (χ1) is 5.56. The van der Waals surface area contributed by atoms with Crippen molar-refractivity contribution < 1.29 is 4.39 Å². The smallest absolute Gasteiger partial charge is 0.161 e. The summed E-state index contributed by atoms with van der Waals surface area (Å²) in [7, 11) is 0. The number of hydrogen-bond acceptors (Lipinski definition) is 2. The van der Waals surface area contributed by atoms with Crippen LogP contribution >= 0.6 is 0 Å². The first-order valence-electron chi connectivity index (χ1n) is 3.97. The SMILES string of the molecule is CC(C)(CCN)n1cc(F)cn1. The lowest BCUT2D eigenvalue weighted by atomic mass is 10.0. The zero-order valence-electron chi connectivity index (χ0n) is 7.42. The van der Waals surface area contributed by atoms with Crippen LogP contribution in [0.15, 0.2) is 12.4 Å². The third-order valence-electron chi connectivity index (χ3n) is 1.93. The molecule has 0 amide bonds. The molecule has 0 saturated carbocycles. The highest BCUT2D eigenvalue weighted by Gasteiger charge is 2.19. The van der Waals surface area contributed by atoms with Gasteiger partial charge in [0.15, 0.2) is 5.82 Å². The Balaban J connectivity index is 2.81. The molecule has 4 heteroatoms. The van der Waals surface area contributed by atoms with E-state index in [1.165, 1.54) is 12.4 Å². The Labute approximate surface area is 71.4 Å². The van der Waals surface area contributed by atoms with Crippen molar-refractivity contribution in [3.63, 3.8) is 0 Å². The van der Waals surface area contributed by atoms with Gasteiger partial charge < -0.3 is 5.73 Å². The monoisotopic (exact) mass is 171 g/mol. The van der Waals surface area contributed by atoms with Crippen LogP contribution < -0.4 is 5.73 Å². The lowest BCUT2D eigenvalue weighted by molar-refractivity contribution is 0.299. The zero-order valence-corrected chi connectivity index (χ0v) is 7.42. The Kier molecular flexibility index (Phi) is 2.47. The molecule has 0 aliphatic carbocycles. The van der Waals surface area contributed by atoms with Crippen molar-refractivity contribution in [2.45, 2.75) is 25.8 Å². The largest absolute Gasteiger partial charge is 0.330 e. The van der Waals surface area contributed by atoms with E-state index in [9.17, 15) is 4.39 Å². The molecule has 0 atom stereocenters. The van der Waals surface area contributed by atoms with Crippen LogP contribution in [0.2, 0.25) is 0 Å². The van der Waals surface area contributed by atoms with Crippen LogP contribution in [-0.4, -0.2) is 16.3 Å². The first kappa shape index (κ1) is 9.19. The Morgan fingerprint density at radius 2 is 2.33 bits per heavy atom. The van der Waals surface area contributed by atoms with E-state index in [1.54, 1.807) is 4.68 Å². The number of halogens is 1. The van der Waals surface area contributed by atoms with Gasteiger partial charge in [0.1, 0.15) is 0 Å². The molecule has 0 unspecified atom stereocenters. The Morgan fingerprint density at radius 3 is 2.75 bits per heavy atom. The molecule has 68 valence electrons. The second-order valence-electron chi connectivity index (χ2n) is 3.45. The van der Waals surface area contributed by atoms with Gasteiger partial charge in [0.25, 0.3) is 0 Å². The fraction of sp³-hybridized carbons (Fsp3) is 0.625. The van der Waals surface area contributed by atoms with Crippen molar-refractivity contribution in [3.05, 3.63) is 18.2 Å². The van der Waals surface area contributed by atoms with Crippen molar-refractivity contribution >= 4 is 0 Å². The predicted octanol–water partition coefficient (Wildman–Crippen LogP) is 1.11. The summed E-state index contributed by atoms with van der Waals surface area (Å²) < 4.78 is 14.2. The van der Waals surface area contributed by atoms with Crippen molar-refractivity contribution in [1.82, 2.24) is 9.78 Å². The van der Waals surface area contributed by atoms with Gasteiger partial charge in [-0.05, 0) is 26.8 Å². The Morgan fingerprint density at radius 1 is 1.67 bits per heavy atom. The summed E-state index contributed by atoms with van der Waals surface area (Å²) in [6, 6.07) is 0. The van der Waals surface area contributed by atoms with Crippen LogP contribution in [0.25, 0.3) is 0 Å². The van der Waals surface area contributed by atoms with Gasteiger partial charge in [-0.1, -0.05) is 0 Å². The molecule has 1 aromatic heterocycles. The van der Waals surface area contributed by atoms with E-state index >= 15 is 0 Å². The third kappa shape index (κ3) is 1.82. The average Bonchev–Trinajstić information content (AvgIpc) is 2.36. The molecule has 0 aliphatic heterocycles. The lowest BCUT2D eigenvalue weighted by Crippen LogP contribution is -2.29. The van der Waals surface area contributed by atoms with Gasteiger partial charge in [-0.15, -0.1) is 0 Å². The summed E-state index contributed by atoms with van der Waals surface area (Å²) in [5, 5.41) is 3.89. The fourth-order valence-electron chi connectivity index (χ4n) is 1.10. The molecule has 0 fully saturated rings. The molecule has 3 nitrogen and oxygen atoms in total. The molecule has 0 aromatic carbocycles. The number of nitrogens with two attached hydrogens (primary N) is 1. The van der Waals surface area contributed by atoms with Gasteiger partial charge in [0, 0.05) is 0 Å². The normalized spacial score (nSPS) is 12.0. The molecule has 0 saturated heterocycles. The number of hydrogen-bond donors (Lipinski definition) is 1. The minimum absolute atomic E-state index is 0.195. The van der Waals surface area contributed by atoms with E-state index in [2.05, 4.69) is 5.10 Å². The molecule has 0 radical (unpaired) electrons. The maximum absolute atomic E-state index is 12.6. The molecule has 12 heavy (non-hydrogen) atoms. The minimum Gasteiger partial charge on any atom is -0.330 e. The summed E-state index contributed by atoms with van der Waals surface area (Å²) in [4.78, 5) is 0. The summed E-state index contributed by atoms with van der Waals surface area (Å²) >= 11 is 0. The summed E-state index contributed by atoms with van der Waals surface area (Å²) in [6.07, 6.45) is 3.38. The van der Waals surface area contributed by atoms with Gasteiger partial charge in [0.05, 0.1) is 17.9 Å². The molecule has 2 N–H and O–H groups in total. The van der Waals surface area contributed by atoms with Crippen LogP contribution in [-0.2, 0) is 5.54 Å². The predicted molar refractivity (Wildman–Crippen MR) is 45.2 cm³/mol. The second-order valence-corrected chi connectivity index (χ2v) is 3.45. The fourth-order valence-corrected chi connectivity index (χ4v) is 1.10. The lowest BCUT2D eigenvalue weighted by Gasteiger charge is -2.24. The van der Waals surface area contributed by atoms with Gasteiger partial charge in [-0.3, -0.25) is 4.68 Å². The minimum atomic E-state index is -0.305. The second kappa shape index (κ2) is 3.23. The first-order valence-corrected chi connectivity index (χ1v) is 3.97. The third-order valence-corrected chi connectivity index (χ3v) is 1.93. The van der Waals surface area contributed by atoms with E-state index < -0.39 is 0 Å². The quantitative estimate of drug-likeness (QED) is 0.740. The summed E-state index contributed by atoms with van der Waals surface area (Å²) in [6.45, 7) is 4.53. The van der Waals surface area contributed by atoms with Crippen molar-refractivity contribution in [3.8, 4) is 0 Å². The van der Waals surface area contributed by atoms with Gasteiger partial charge in [-0.25, -0.2) is 4.39 Å². The number of aromatic nitrogens is 2. The van der Waals surface area contributed by atoms with Gasteiger partial charge in [0.2, 0.25) is 0 Å². The number of nitrogens with zero attached hydrogens (tertiary/aromatic N) is 2. The van der Waals surface area contributed by atoms with Gasteiger partial charge >= 0.3 is 0 Å². The molecule has 0 spiro atoms. The van der Waals surface area contributed by atoms with Crippen LogP contribution in [0.3, 0.4) is 0 Å². The van der Waals surface area contributed by atoms with E-state index in [0.29, 0.717) is 6.54 Å². The van der Waals surface area contributed by atoms with Crippen LogP contribution in [0, 0.1) is 5.82 Å². The van der Waals surface area contributed by atoms with Crippen molar-refractivity contribution in [2.24, 2.45) is 5.73 Å². The van der Waals surface area contributed by atoms with E-state index in [-0.39, 0.29) is 11.4 Å². The van der Waals surface area contributed by atoms with Crippen LogP contribution in [0.4, 0.5) is 4.39 Å². The zero-order chi connectivity index (χ0) is 9.19. The maximum Gasteiger partial charge on any atom is 0.161 e. The highest BCUT2D eigenvalue weighted by molar-refractivity contribution is 4.89. The molecular weight excluding hydrogens is 157 g/mol. The Bertz CT molecular complexity index is 255. The summed E-state index contributed by atoms with van der Waals surface area (Å²) in [5.74, 6) is -0.305. The van der Waals surface area contributed by atoms with Gasteiger partial charge in [-0.2, -0.15) is 5.10 Å². The molecule has 1 rings (SSSR count). The van der Waals surface area contributed by atoms with Crippen LogP contribution in [0.5, 0.6) is 0 Å². The van der Waals surface area contributed by atoms with Crippen LogP contribution in [0.1, 0.15) is 20.3 Å². The van der Waals surface area contributed by atoms with E-state index in [1.807, 2.05) is 13.8 Å². The highest BCUT2D eigenvalue weighted by Crippen LogP contribution is 2.17. The molecule has 0 bridgehead atoms. The maximum atomic E-state index is 12.6. The molecule has 1 aromatic rings. The standard InChI is InChI=1S/C8H14FN3/c1-8(2,3-4-10)12-6-7(9)5-11-12/h5-6H,3-4,10H2,1-2H3. The molecule has 1 heterocycles. The molecular formula is C8H14FN3. The number of rotatable bonds is 3. The average molecular weight is 171 g/mol. The summed E-state index contributed by atoms with van der Waals surface area (Å²) in [5.41, 5.74) is 5.23. The van der Waals surface area contributed by atoms with Crippen molar-refractivity contribution in [1.29, 1.82) is 0 Å². The highest BCUT2D eigenvalue weighted by atomic mass is 19.1.